The second-order valence-electron chi connectivity index (χ2n) is 4.80. The first-order valence-corrected chi connectivity index (χ1v) is 6.33. The number of benzene rings is 1. The van der Waals surface area contributed by atoms with Crippen molar-refractivity contribution < 1.29 is 0 Å². The smallest absolute Gasteiger partial charge is 0.223 e. The number of anilines is 1. The Labute approximate surface area is 117 Å². The molecule has 0 saturated heterocycles. The van der Waals surface area contributed by atoms with Crippen LogP contribution in [0.15, 0.2) is 36.5 Å². The average Bonchev–Trinajstić information content (AvgIpc) is 3.08. The number of aryl methyl sites for hydroxylation is 1. The van der Waals surface area contributed by atoms with Gasteiger partial charge in [0.05, 0.1) is 5.69 Å². The highest BCUT2D eigenvalue weighted by Crippen LogP contribution is 2.22. The second kappa shape index (κ2) is 4.80. The Morgan fingerprint density at radius 3 is 2.30 bits per heavy atom. The van der Waals surface area contributed by atoms with E-state index >= 15 is 0 Å². The molecule has 2 heterocycles. The van der Waals surface area contributed by atoms with Gasteiger partial charge in [-0.05, 0) is 11.6 Å². The molecule has 0 spiro atoms. The van der Waals surface area contributed by atoms with E-state index in [-0.39, 0.29) is 0 Å². The second-order valence-corrected chi connectivity index (χ2v) is 4.80. The summed E-state index contributed by atoms with van der Waals surface area (Å²) in [6.45, 7) is 0. The fraction of sp³-hybridized carbons (Fsp3) is 0.214. The van der Waals surface area contributed by atoms with E-state index < -0.39 is 0 Å². The minimum absolute atomic E-state index is 0.729. The van der Waals surface area contributed by atoms with Crippen LogP contribution in [0.5, 0.6) is 0 Å². The van der Waals surface area contributed by atoms with Gasteiger partial charge < -0.3 is 4.90 Å². The molecule has 0 aliphatic carbocycles. The molecular formula is C14H16N6. The van der Waals surface area contributed by atoms with Crippen molar-refractivity contribution in [1.29, 1.82) is 0 Å². The monoisotopic (exact) mass is 268 g/mol. The Morgan fingerprint density at radius 2 is 1.75 bits per heavy atom. The molecular weight excluding hydrogens is 252 g/mol. The predicted molar refractivity (Wildman–Crippen MR) is 78.3 cm³/mol. The molecule has 0 amide bonds. The standard InChI is InChI=1S/C14H16N6/c1-19(2)14-16-13(18-20(14)3)11-6-4-10(5-7-11)12-8-9-15-17-12/h4-9H,1-3H3,(H,15,17). The fourth-order valence-electron chi connectivity index (χ4n) is 2.10. The highest BCUT2D eigenvalue weighted by Gasteiger charge is 2.10. The Bertz CT molecular complexity index is 694. The van der Waals surface area contributed by atoms with Gasteiger partial charge in [-0.25, -0.2) is 4.68 Å². The lowest BCUT2D eigenvalue weighted by Gasteiger charge is -2.08. The van der Waals surface area contributed by atoms with Crippen molar-refractivity contribution in [3.05, 3.63) is 36.5 Å². The largest absolute Gasteiger partial charge is 0.347 e. The number of H-pyrrole nitrogens is 1. The van der Waals surface area contributed by atoms with Crippen LogP contribution in [-0.4, -0.2) is 39.1 Å². The third-order valence-corrected chi connectivity index (χ3v) is 3.09. The number of hydrogen-bond acceptors (Lipinski definition) is 4. The normalized spacial score (nSPS) is 10.8. The van der Waals surface area contributed by atoms with Gasteiger partial charge in [0.15, 0.2) is 5.82 Å². The van der Waals surface area contributed by atoms with E-state index in [1.54, 1.807) is 10.9 Å². The number of aromatic amines is 1. The first-order valence-electron chi connectivity index (χ1n) is 6.33. The Hall–Kier alpha value is -2.63. The predicted octanol–water partition coefficient (Wildman–Crippen LogP) is 1.94. The van der Waals surface area contributed by atoms with E-state index in [2.05, 4.69) is 20.3 Å². The topological polar surface area (TPSA) is 62.6 Å². The zero-order valence-electron chi connectivity index (χ0n) is 11.7. The fourth-order valence-corrected chi connectivity index (χ4v) is 2.10. The van der Waals surface area contributed by atoms with Gasteiger partial charge in [-0.3, -0.25) is 5.10 Å². The summed E-state index contributed by atoms with van der Waals surface area (Å²) in [6, 6.07) is 10.1. The van der Waals surface area contributed by atoms with Crippen LogP contribution in [0.4, 0.5) is 5.95 Å². The Kier molecular flexibility index (Phi) is 2.98. The highest BCUT2D eigenvalue weighted by atomic mass is 15.4. The third-order valence-electron chi connectivity index (χ3n) is 3.09. The maximum Gasteiger partial charge on any atom is 0.223 e. The Morgan fingerprint density at radius 1 is 1.05 bits per heavy atom. The lowest BCUT2D eigenvalue weighted by atomic mass is 10.1. The molecule has 3 aromatic rings. The number of nitrogens with one attached hydrogen (secondary N) is 1. The van der Waals surface area contributed by atoms with Crippen LogP contribution in [0.2, 0.25) is 0 Å². The molecule has 0 fully saturated rings. The number of hydrogen-bond donors (Lipinski definition) is 1. The van der Waals surface area contributed by atoms with Crippen molar-refractivity contribution in [3.63, 3.8) is 0 Å². The number of aromatic nitrogens is 5. The summed E-state index contributed by atoms with van der Waals surface area (Å²) < 4.78 is 1.78. The third kappa shape index (κ3) is 2.16. The van der Waals surface area contributed by atoms with Crippen molar-refractivity contribution in [1.82, 2.24) is 25.0 Å². The van der Waals surface area contributed by atoms with Crippen molar-refractivity contribution in [2.75, 3.05) is 19.0 Å². The lowest BCUT2D eigenvalue weighted by molar-refractivity contribution is 0.753. The summed E-state index contributed by atoms with van der Waals surface area (Å²) in [5.74, 6) is 1.56. The van der Waals surface area contributed by atoms with Crippen molar-refractivity contribution in [2.45, 2.75) is 0 Å². The van der Waals surface area contributed by atoms with Crippen LogP contribution in [0.1, 0.15) is 0 Å². The molecule has 1 N–H and O–H groups in total. The van der Waals surface area contributed by atoms with E-state index in [1.165, 1.54) is 0 Å². The van der Waals surface area contributed by atoms with E-state index in [0.29, 0.717) is 0 Å². The van der Waals surface area contributed by atoms with Crippen molar-refractivity contribution >= 4 is 5.95 Å². The molecule has 102 valence electrons. The first-order chi connectivity index (χ1) is 9.65. The summed E-state index contributed by atoms with van der Waals surface area (Å²) in [5.41, 5.74) is 3.09. The van der Waals surface area contributed by atoms with Crippen LogP contribution >= 0.6 is 0 Å². The molecule has 0 aliphatic rings. The molecule has 6 heteroatoms. The van der Waals surface area contributed by atoms with Gasteiger partial charge in [0.25, 0.3) is 0 Å². The lowest BCUT2D eigenvalue weighted by Crippen LogP contribution is -2.14. The van der Waals surface area contributed by atoms with Gasteiger partial charge in [-0.15, -0.1) is 5.10 Å². The van der Waals surface area contributed by atoms with Gasteiger partial charge in [0.1, 0.15) is 0 Å². The molecule has 0 bridgehead atoms. The van der Waals surface area contributed by atoms with Crippen LogP contribution < -0.4 is 4.90 Å². The van der Waals surface area contributed by atoms with Gasteiger partial charge in [0, 0.05) is 32.9 Å². The summed E-state index contributed by atoms with van der Waals surface area (Å²) in [5, 5.41) is 11.3. The average molecular weight is 268 g/mol. The molecule has 6 nitrogen and oxygen atoms in total. The van der Waals surface area contributed by atoms with E-state index in [1.807, 2.05) is 56.4 Å². The minimum atomic E-state index is 0.729. The van der Waals surface area contributed by atoms with E-state index in [9.17, 15) is 0 Å². The summed E-state index contributed by atoms with van der Waals surface area (Å²) in [4.78, 5) is 6.47. The molecule has 0 saturated carbocycles. The first kappa shape index (κ1) is 12.4. The molecule has 2 aromatic heterocycles. The van der Waals surface area contributed by atoms with Gasteiger partial charge in [-0.2, -0.15) is 10.1 Å². The van der Waals surface area contributed by atoms with Crippen LogP contribution in [0.3, 0.4) is 0 Å². The number of rotatable bonds is 3. The minimum Gasteiger partial charge on any atom is -0.347 e. The molecule has 0 aliphatic heterocycles. The van der Waals surface area contributed by atoms with Crippen LogP contribution in [0, 0.1) is 0 Å². The van der Waals surface area contributed by atoms with Crippen LogP contribution in [-0.2, 0) is 7.05 Å². The maximum absolute atomic E-state index is 4.53. The zero-order valence-corrected chi connectivity index (χ0v) is 11.7. The highest BCUT2D eigenvalue weighted by molar-refractivity contribution is 5.65. The van der Waals surface area contributed by atoms with Crippen LogP contribution in [0.25, 0.3) is 22.6 Å². The Balaban J connectivity index is 1.93. The number of nitrogens with zero attached hydrogens (tertiary/aromatic N) is 5. The zero-order chi connectivity index (χ0) is 14.1. The summed E-state index contributed by atoms with van der Waals surface area (Å²) in [7, 11) is 5.80. The maximum atomic E-state index is 4.53. The molecule has 20 heavy (non-hydrogen) atoms. The molecule has 0 unspecified atom stereocenters. The van der Waals surface area contributed by atoms with Crippen molar-refractivity contribution in [2.24, 2.45) is 7.05 Å². The summed E-state index contributed by atoms with van der Waals surface area (Å²) >= 11 is 0. The van der Waals surface area contributed by atoms with E-state index in [0.717, 1.165) is 28.6 Å². The van der Waals surface area contributed by atoms with Crippen molar-refractivity contribution in [3.8, 4) is 22.6 Å². The molecule has 0 radical (unpaired) electrons. The summed E-state index contributed by atoms with van der Waals surface area (Å²) in [6.07, 6.45) is 1.74. The SMILES string of the molecule is CN(C)c1nc(-c2ccc(-c3ccn[nH]3)cc2)nn1C. The molecule has 3 rings (SSSR count). The molecule has 1 aromatic carbocycles. The quantitative estimate of drug-likeness (QED) is 0.788. The van der Waals surface area contributed by atoms with Gasteiger partial charge >= 0.3 is 0 Å². The van der Waals surface area contributed by atoms with Gasteiger partial charge in [0.2, 0.25) is 5.95 Å². The van der Waals surface area contributed by atoms with E-state index in [4.69, 9.17) is 0 Å². The van der Waals surface area contributed by atoms with Gasteiger partial charge in [-0.1, -0.05) is 24.3 Å². The molecule has 0 atom stereocenters.